The average Bonchev–Trinajstić information content (AvgIpc) is 2.45. The average molecular weight is 342 g/mol. The molecule has 0 radical (unpaired) electrons. The summed E-state index contributed by atoms with van der Waals surface area (Å²) in [7, 11) is 0. The largest absolute Gasteiger partial charge is 0.352 e. The highest BCUT2D eigenvalue weighted by Gasteiger charge is 2.19. The zero-order valence-electron chi connectivity index (χ0n) is 14.0. The van der Waals surface area contributed by atoms with Crippen LogP contribution in [0.25, 0.3) is 0 Å². The Morgan fingerprint density at radius 3 is 2.22 bits per heavy atom. The summed E-state index contributed by atoms with van der Waals surface area (Å²) in [6.07, 6.45) is 1.05. The van der Waals surface area contributed by atoms with Crippen molar-refractivity contribution in [2.24, 2.45) is 11.7 Å². The number of nitrogens with one attached hydrogen (secondary N) is 2. The second-order valence-corrected chi connectivity index (χ2v) is 6.00. The molecule has 0 saturated carbocycles. The van der Waals surface area contributed by atoms with Gasteiger partial charge in [-0.1, -0.05) is 44.2 Å². The van der Waals surface area contributed by atoms with Gasteiger partial charge < -0.3 is 16.4 Å². The molecule has 6 heteroatoms. The number of carbonyl (C=O) groups is 2. The van der Waals surface area contributed by atoms with Crippen LogP contribution in [0.2, 0.25) is 0 Å². The molecule has 5 nitrogen and oxygen atoms in total. The van der Waals surface area contributed by atoms with Crippen molar-refractivity contribution in [3.8, 4) is 0 Å². The fourth-order valence-corrected chi connectivity index (χ4v) is 2.44. The van der Waals surface area contributed by atoms with Crippen LogP contribution < -0.4 is 16.4 Å². The fraction of sp³-hybridized carbons (Fsp3) is 0.529. The molecule has 0 fully saturated rings. The van der Waals surface area contributed by atoms with Gasteiger partial charge in [-0.2, -0.15) is 0 Å². The normalized spacial score (nSPS) is 12.9. The maximum atomic E-state index is 12.2. The molecule has 0 aliphatic rings. The van der Waals surface area contributed by atoms with Crippen molar-refractivity contribution in [1.82, 2.24) is 10.6 Å². The van der Waals surface area contributed by atoms with Gasteiger partial charge in [0.2, 0.25) is 11.8 Å². The minimum Gasteiger partial charge on any atom is -0.352 e. The second kappa shape index (κ2) is 11.0. The number of hydrogen-bond donors (Lipinski definition) is 3. The molecule has 1 rings (SSSR count). The summed E-state index contributed by atoms with van der Waals surface area (Å²) < 4.78 is 0. The van der Waals surface area contributed by atoms with Crippen molar-refractivity contribution in [3.05, 3.63) is 35.9 Å². The van der Waals surface area contributed by atoms with Crippen LogP contribution in [0.1, 0.15) is 45.2 Å². The van der Waals surface area contributed by atoms with Crippen LogP contribution in [0.5, 0.6) is 0 Å². The SMILES string of the molecule is CC(=O)NC(CC(=O)NC(CN)CC(C)C)c1ccccc1.Cl. The third-order valence-corrected chi connectivity index (χ3v) is 3.37. The van der Waals surface area contributed by atoms with Crippen molar-refractivity contribution < 1.29 is 9.59 Å². The van der Waals surface area contributed by atoms with Gasteiger partial charge in [0.15, 0.2) is 0 Å². The number of hydrogen-bond acceptors (Lipinski definition) is 3. The van der Waals surface area contributed by atoms with Crippen LogP contribution in [-0.4, -0.2) is 24.4 Å². The van der Waals surface area contributed by atoms with E-state index in [4.69, 9.17) is 5.73 Å². The molecule has 0 bridgehead atoms. The number of carbonyl (C=O) groups excluding carboxylic acids is 2. The highest BCUT2D eigenvalue weighted by atomic mass is 35.5. The Hall–Kier alpha value is -1.59. The summed E-state index contributed by atoms with van der Waals surface area (Å²) in [6, 6.07) is 9.15. The maximum Gasteiger partial charge on any atom is 0.222 e. The molecular formula is C17H28ClN3O2. The lowest BCUT2D eigenvalue weighted by Gasteiger charge is -2.22. The first kappa shape index (κ1) is 21.4. The molecule has 0 aromatic heterocycles. The highest BCUT2D eigenvalue weighted by molar-refractivity contribution is 5.85. The van der Waals surface area contributed by atoms with Crippen LogP contribution in [0.15, 0.2) is 30.3 Å². The van der Waals surface area contributed by atoms with E-state index in [2.05, 4.69) is 24.5 Å². The van der Waals surface area contributed by atoms with Crippen LogP contribution in [-0.2, 0) is 9.59 Å². The molecule has 0 aliphatic heterocycles. The third-order valence-electron chi connectivity index (χ3n) is 3.37. The van der Waals surface area contributed by atoms with E-state index < -0.39 is 0 Å². The van der Waals surface area contributed by atoms with Crippen molar-refractivity contribution in [1.29, 1.82) is 0 Å². The van der Waals surface area contributed by atoms with Crippen LogP contribution >= 0.6 is 12.4 Å². The van der Waals surface area contributed by atoms with Gasteiger partial charge in [-0.3, -0.25) is 9.59 Å². The first-order chi connectivity index (χ1) is 10.4. The number of benzene rings is 1. The van der Waals surface area contributed by atoms with E-state index in [0.717, 1.165) is 12.0 Å². The van der Waals surface area contributed by atoms with Gasteiger partial charge in [-0.15, -0.1) is 12.4 Å². The van der Waals surface area contributed by atoms with E-state index in [1.807, 2.05) is 30.3 Å². The van der Waals surface area contributed by atoms with E-state index in [1.54, 1.807) is 0 Å². The number of nitrogens with two attached hydrogens (primary N) is 1. The summed E-state index contributed by atoms with van der Waals surface area (Å²) in [5.74, 6) is 0.215. The zero-order valence-corrected chi connectivity index (χ0v) is 14.9. The summed E-state index contributed by atoms with van der Waals surface area (Å²) in [6.45, 7) is 6.06. The molecule has 1 aromatic rings. The van der Waals surface area contributed by atoms with Crippen molar-refractivity contribution in [3.63, 3.8) is 0 Å². The lowest BCUT2D eigenvalue weighted by Crippen LogP contribution is -2.42. The first-order valence-corrected chi connectivity index (χ1v) is 7.73. The molecule has 0 heterocycles. The summed E-state index contributed by atoms with van der Waals surface area (Å²) in [4.78, 5) is 23.6. The monoisotopic (exact) mass is 341 g/mol. The van der Waals surface area contributed by atoms with E-state index in [0.29, 0.717) is 12.5 Å². The molecule has 0 aliphatic carbocycles. The van der Waals surface area contributed by atoms with Gasteiger partial charge in [-0.05, 0) is 17.9 Å². The molecule has 2 unspecified atom stereocenters. The van der Waals surface area contributed by atoms with E-state index >= 15 is 0 Å². The van der Waals surface area contributed by atoms with Gasteiger partial charge >= 0.3 is 0 Å². The lowest BCUT2D eigenvalue weighted by molar-refractivity contribution is -0.123. The smallest absolute Gasteiger partial charge is 0.222 e. The molecule has 2 atom stereocenters. The van der Waals surface area contributed by atoms with Crippen LogP contribution in [0.3, 0.4) is 0 Å². The molecule has 23 heavy (non-hydrogen) atoms. The van der Waals surface area contributed by atoms with E-state index in [-0.39, 0.29) is 42.7 Å². The maximum absolute atomic E-state index is 12.2. The lowest BCUT2D eigenvalue weighted by atomic mass is 10.0. The topological polar surface area (TPSA) is 84.2 Å². The Balaban J connectivity index is 0.00000484. The van der Waals surface area contributed by atoms with Gasteiger partial charge in [-0.25, -0.2) is 0 Å². The Labute approximate surface area is 144 Å². The summed E-state index contributed by atoms with van der Waals surface area (Å²) in [5.41, 5.74) is 6.63. The van der Waals surface area contributed by atoms with E-state index in [1.165, 1.54) is 6.92 Å². The quantitative estimate of drug-likeness (QED) is 0.677. The Kier molecular flexibility index (Phi) is 10.3. The highest BCUT2D eigenvalue weighted by Crippen LogP contribution is 2.16. The van der Waals surface area contributed by atoms with E-state index in [9.17, 15) is 9.59 Å². The molecule has 0 spiro atoms. The summed E-state index contributed by atoms with van der Waals surface area (Å²) >= 11 is 0. The predicted octanol–water partition coefficient (Wildman–Crippen LogP) is 2.17. The number of amides is 2. The van der Waals surface area contributed by atoms with Gasteiger partial charge in [0.05, 0.1) is 12.5 Å². The Morgan fingerprint density at radius 2 is 1.74 bits per heavy atom. The van der Waals surface area contributed by atoms with Gasteiger partial charge in [0.1, 0.15) is 0 Å². The third kappa shape index (κ3) is 8.57. The van der Waals surface area contributed by atoms with Crippen molar-refractivity contribution in [2.45, 2.75) is 45.7 Å². The number of rotatable bonds is 8. The first-order valence-electron chi connectivity index (χ1n) is 7.73. The minimum absolute atomic E-state index is 0. The zero-order chi connectivity index (χ0) is 16.5. The predicted molar refractivity (Wildman–Crippen MR) is 95.3 cm³/mol. The molecular weight excluding hydrogens is 314 g/mol. The Morgan fingerprint density at radius 1 is 1.13 bits per heavy atom. The van der Waals surface area contributed by atoms with Gasteiger partial charge in [0.25, 0.3) is 0 Å². The fourth-order valence-electron chi connectivity index (χ4n) is 2.44. The summed E-state index contributed by atoms with van der Waals surface area (Å²) in [5, 5.41) is 5.78. The molecule has 130 valence electrons. The molecule has 4 N–H and O–H groups in total. The molecule has 0 saturated heterocycles. The molecule has 1 aromatic carbocycles. The van der Waals surface area contributed by atoms with Crippen LogP contribution in [0, 0.1) is 5.92 Å². The van der Waals surface area contributed by atoms with Gasteiger partial charge in [0, 0.05) is 19.5 Å². The Bertz CT molecular complexity index is 480. The van der Waals surface area contributed by atoms with Crippen LogP contribution in [0.4, 0.5) is 0 Å². The molecule has 2 amide bonds. The second-order valence-electron chi connectivity index (χ2n) is 6.00. The van der Waals surface area contributed by atoms with Crippen molar-refractivity contribution in [2.75, 3.05) is 6.54 Å². The van der Waals surface area contributed by atoms with Crippen molar-refractivity contribution >= 4 is 24.2 Å². The number of halogens is 1. The minimum atomic E-state index is -0.323. The standard InChI is InChI=1S/C17H27N3O2.ClH/c1-12(2)9-15(11-18)20-17(22)10-16(19-13(3)21)14-7-5-4-6-8-14;/h4-8,12,15-16H,9-11,18H2,1-3H3,(H,19,21)(H,20,22);1H.